The molecule has 1 aromatic heterocycles. The lowest BCUT2D eigenvalue weighted by atomic mass is 10.1. The number of benzene rings is 2. The van der Waals surface area contributed by atoms with E-state index < -0.39 is 5.97 Å². The van der Waals surface area contributed by atoms with Gasteiger partial charge < -0.3 is 9.67 Å². The van der Waals surface area contributed by atoms with E-state index in [0.717, 1.165) is 5.56 Å². The van der Waals surface area contributed by atoms with Gasteiger partial charge in [0.15, 0.2) is 5.43 Å². The number of nitrogens with zero attached hydrogens (tertiary/aromatic N) is 1. The molecular formula is C16H12ClNO3. The van der Waals surface area contributed by atoms with E-state index in [9.17, 15) is 9.59 Å². The summed E-state index contributed by atoms with van der Waals surface area (Å²) in [7, 11) is 0. The van der Waals surface area contributed by atoms with Gasteiger partial charge in [0.1, 0.15) is 6.54 Å². The molecule has 2 aromatic carbocycles. The van der Waals surface area contributed by atoms with Crippen LogP contribution in [0, 0.1) is 6.92 Å². The Morgan fingerprint density at radius 3 is 2.67 bits per heavy atom. The van der Waals surface area contributed by atoms with Gasteiger partial charge in [-0.3, -0.25) is 9.59 Å². The Morgan fingerprint density at radius 2 is 1.95 bits per heavy atom. The van der Waals surface area contributed by atoms with Crippen molar-refractivity contribution in [2.75, 3.05) is 0 Å². The Kier molecular flexibility index (Phi) is 3.18. The molecule has 0 unspecified atom stereocenters. The minimum atomic E-state index is -0.984. The van der Waals surface area contributed by atoms with Crippen LogP contribution in [-0.2, 0) is 11.3 Å². The number of aryl methyl sites for hydroxylation is 1. The number of rotatable bonds is 2. The average Bonchev–Trinajstić information content (AvgIpc) is 2.43. The van der Waals surface area contributed by atoms with Crippen LogP contribution < -0.4 is 5.43 Å². The number of carboxylic acids is 1. The van der Waals surface area contributed by atoms with Crippen LogP contribution in [0.25, 0.3) is 21.8 Å². The number of aromatic nitrogens is 1. The molecule has 106 valence electrons. The predicted octanol–water partition coefficient (Wildman–Crippen LogP) is 3.20. The number of hydrogen-bond donors (Lipinski definition) is 1. The first-order valence-electron chi connectivity index (χ1n) is 6.42. The molecule has 0 fully saturated rings. The van der Waals surface area contributed by atoms with Gasteiger partial charge in [0.05, 0.1) is 16.1 Å². The Labute approximate surface area is 125 Å². The number of hydrogen-bond acceptors (Lipinski definition) is 2. The molecule has 0 bridgehead atoms. The van der Waals surface area contributed by atoms with E-state index in [4.69, 9.17) is 16.7 Å². The molecule has 0 aliphatic carbocycles. The maximum absolute atomic E-state index is 12.6. The van der Waals surface area contributed by atoms with Gasteiger partial charge in [-0.25, -0.2) is 0 Å². The van der Waals surface area contributed by atoms with Crippen molar-refractivity contribution >= 4 is 39.4 Å². The summed E-state index contributed by atoms with van der Waals surface area (Å²) in [5.41, 5.74) is 1.77. The fourth-order valence-electron chi connectivity index (χ4n) is 2.65. The smallest absolute Gasteiger partial charge is 0.323 e. The maximum atomic E-state index is 12.6. The second-order valence-corrected chi connectivity index (χ2v) is 5.38. The third-order valence-corrected chi connectivity index (χ3v) is 3.74. The molecule has 4 nitrogen and oxygen atoms in total. The van der Waals surface area contributed by atoms with Crippen molar-refractivity contribution in [2.45, 2.75) is 13.5 Å². The SMILES string of the molecule is Cc1cc(Cl)c2c(c1)c(=O)c1ccccc1n2CC(=O)O. The predicted molar refractivity (Wildman–Crippen MR) is 83.1 cm³/mol. The highest BCUT2D eigenvalue weighted by molar-refractivity contribution is 6.35. The van der Waals surface area contributed by atoms with E-state index in [-0.39, 0.29) is 12.0 Å². The number of para-hydroxylation sites is 1. The van der Waals surface area contributed by atoms with Gasteiger partial charge in [-0.2, -0.15) is 0 Å². The summed E-state index contributed by atoms with van der Waals surface area (Å²) >= 11 is 6.27. The second kappa shape index (κ2) is 4.90. The Hall–Kier alpha value is -2.33. The highest BCUT2D eigenvalue weighted by atomic mass is 35.5. The van der Waals surface area contributed by atoms with E-state index in [1.807, 2.05) is 6.92 Å². The molecule has 0 saturated heterocycles. The van der Waals surface area contributed by atoms with Crippen molar-refractivity contribution in [3.63, 3.8) is 0 Å². The van der Waals surface area contributed by atoms with E-state index in [1.165, 1.54) is 0 Å². The highest BCUT2D eigenvalue weighted by Crippen LogP contribution is 2.27. The first-order chi connectivity index (χ1) is 9.99. The van der Waals surface area contributed by atoms with Gasteiger partial charge in [0.25, 0.3) is 0 Å². The quantitative estimate of drug-likeness (QED) is 0.739. The van der Waals surface area contributed by atoms with Crippen molar-refractivity contribution in [2.24, 2.45) is 0 Å². The first kappa shape index (κ1) is 13.6. The first-order valence-corrected chi connectivity index (χ1v) is 6.80. The summed E-state index contributed by atoms with van der Waals surface area (Å²) < 4.78 is 1.58. The molecule has 0 aliphatic heterocycles. The third-order valence-electron chi connectivity index (χ3n) is 3.46. The summed E-state index contributed by atoms with van der Waals surface area (Å²) in [5, 5.41) is 10.5. The van der Waals surface area contributed by atoms with Crippen LogP contribution in [0.4, 0.5) is 0 Å². The lowest BCUT2D eigenvalue weighted by Gasteiger charge is -2.15. The molecule has 21 heavy (non-hydrogen) atoms. The lowest BCUT2D eigenvalue weighted by molar-refractivity contribution is -0.137. The van der Waals surface area contributed by atoms with E-state index >= 15 is 0 Å². The number of carboxylic acid groups (broad SMARTS) is 1. The minimum Gasteiger partial charge on any atom is -0.480 e. The molecule has 5 heteroatoms. The van der Waals surface area contributed by atoms with E-state index in [2.05, 4.69) is 0 Å². The maximum Gasteiger partial charge on any atom is 0.323 e. The molecule has 1 heterocycles. The van der Waals surface area contributed by atoms with Crippen LogP contribution in [0.3, 0.4) is 0 Å². The summed E-state index contributed by atoms with van der Waals surface area (Å²) in [5.74, 6) is -0.984. The van der Waals surface area contributed by atoms with Crippen LogP contribution in [0.2, 0.25) is 5.02 Å². The second-order valence-electron chi connectivity index (χ2n) is 4.97. The lowest BCUT2D eigenvalue weighted by Crippen LogP contribution is -2.16. The number of fused-ring (bicyclic) bond motifs is 2. The molecule has 3 rings (SSSR count). The van der Waals surface area contributed by atoms with Crippen LogP contribution in [-0.4, -0.2) is 15.6 Å². The van der Waals surface area contributed by atoms with Crippen molar-refractivity contribution in [3.8, 4) is 0 Å². The Morgan fingerprint density at radius 1 is 1.24 bits per heavy atom. The Balaban J connectivity index is 2.62. The Bertz CT molecular complexity index is 944. The van der Waals surface area contributed by atoms with Crippen LogP contribution in [0.1, 0.15) is 5.56 Å². The summed E-state index contributed by atoms with van der Waals surface area (Å²) in [6, 6.07) is 10.4. The fraction of sp³-hybridized carbons (Fsp3) is 0.125. The summed E-state index contributed by atoms with van der Waals surface area (Å²) in [4.78, 5) is 23.8. The third kappa shape index (κ3) is 2.17. The zero-order chi connectivity index (χ0) is 15.1. The zero-order valence-electron chi connectivity index (χ0n) is 11.3. The summed E-state index contributed by atoms with van der Waals surface area (Å²) in [6.45, 7) is 1.60. The molecule has 0 aliphatic rings. The molecular weight excluding hydrogens is 290 g/mol. The standard InChI is InChI=1S/C16H12ClNO3/c1-9-6-11-15(12(17)7-9)18(8-14(19)20)13-5-3-2-4-10(13)16(11)21/h2-7H,8H2,1H3,(H,19,20). The number of halogens is 1. The van der Waals surface area contributed by atoms with Gasteiger partial charge in [-0.05, 0) is 36.8 Å². The molecule has 0 saturated carbocycles. The largest absolute Gasteiger partial charge is 0.480 e. The van der Waals surface area contributed by atoms with E-state index in [1.54, 1.807) is 41.0 Å². The molecule has 0 amide bonds. The number of pyridine rings is 1. The van der Waals surface area contributed by atoms with Gasteiger partial charge in [-0.15, -0.1) is 0 Å². The molecule has 0 spiro atoms. The molecule has 0 atom stereocenters. The van der Waals surface area contributed by atoms with Crippen molar-refractivity contribution in [3.05, 3.63) is 57.2 Å². The van der Waals surface area contributed by atoms with Crippen molar-refractivity contribution < 1.29 is 9.90 Å². The van der Waals surface area contributed by atoms with Crippen LogP contribution in [0.15, 0.2) is 41.2 Å². The van der Waals surface area contributed by atoms with Crippen LogP contribution in [0.5, 0.6) is 0 Å². The zero-order valence-corrected chi connectivity index (χ0v) is 12.0. The fourth-order valence-corrected chi connectivity index (χ4v) is 3.02. The molecule has 3 aromatic rings. The van der Waals surface area contributed by atoms with Crippen molar-refractivity contribution in [1.29, 1.82) is 0 Å². The van der Waals surface area contributed by atoms with E-state index in [0.29, 0.717) is 26.8 Å². The van der Waals surface area contributed by atoms with Crippen LogP contribution >= 0.6 is 11.6 Å². The highest BCUT2D eigenvalue weighted by Gasteiger charge is 2.15. The average molecular weight is 302 g/mol. The monoisotopic (exact) mass is 301 g/mol. The van der Waals surface area contributed by atoms with Gasteiger partial charge in [-0.1, -0.05) is 23.7 Å². The van der Waals surface area contributed by atoms with Gasteiger partial charge in [0.2, 0.25) is 0 Å². The minimum absolute atomic E-state index is 0.132. The number of carbonyl (C=O) groups is 1. The van der Waals surface area contributed by atoms with Gasteiger partial charge >= 0.3 is 5.97 Å². The molecule has 1 N–H and O–H groups in total. The normalized spacial score (nSPS) is 11.1. The molecule has 0 radical (unpaired) electrons. The summed E-state index contributed by atoms with van der Waals surface area (Å²) in [6.07, 6.45) is 0. The van der Waals surface area contributed by atoms with Crippen molar-refractivity contribution in [1.82, 2.24) is 4.57 Å². The topological polar surface area (TPSA) is 59.3 Å². The van der Waals surface area contributed by atoms with Gasteiger partial charge in [0, 0.05) is 10.8 Å². The number of aliphatic carboxylic acids is 1.